The van der Waals surface area contributed by atoms with Gasteiger partial charge >= 0.3 is 0 Å². The Labute approximate surface area is 198 Å². The molecule has 180 valence electrons. The van der Waals surface area contributed by atoms with Gasteiger partial charge in [0.2, 0.25) is 5.89 Å². The Bertz CT molecular complexity index is 1100. The summed E-state index contributed by atoms with van der Waals surface area (Å²) in [5.74, 6) is -0.727. The van der Waals surface area contributed by atoms with Crippen LogP contribution in [0.2, 0.25) is 0 Å². The molecule has 0 aliphatic rings. The molecule has 3 rings (SSSR count). The highest BCUT2D eigenvalue weighted by Gasteiger charge is 2.34. The van der Waals surface area contributed by atoms with Gasteiger partial charge < -0.3 is 29.6 Å². The van der Waals surface area contributed by atoms with Gasteiger partial charge in [-0.3, -0.25) is 9.59 Å². The molecule has 1 aromatic heterocycles. The van der Waals surface area contributed by atoms with Crippen molar-refractivity contribution in [2.45, 2.75) is 38.1 Å². The molecular formula is C25H29N3O6. The van der Waals surface area contributed by atoms with Gasteiger partial charge in [0, 0.05) is 19.0 Å². The Kier molecular flexibility index (Phi) is 8.39. The average Bonchev–Trinajstić information content (AvgIpc) is 3.33. The minimum atomic E-state index is -1.94. The third-order valence-electron chi connectivity index (χ3n) is 5.61. The van der Waals surface area contributed by atoms with Crippen LogP contribution in [0.15, 0.2) is 65.3 Å². The van der Waals surface area contributed by atoms with Crippen LogP contribution in [0.3, 0.4) is 0 Å². The van der Waals surface area contributed by atoms with E-state index in [1.54, 1.807) is 14.0 Å². The topological polar surface area (TPSA) is 125 Å². The summed E-state index contributed by atoms with van der Waals surface area (Å²) < 4.78 is 10.7. The predicted octanol–water partition coefficient (Wildman–Crippen LogP) is 1.83. The van der Waals surface area contributed by atoms with Crippen molar-refractivity contribution in [1.29, 1.82) is 0 Å². The second-order valence-corrected chi connectivity index (χ2v) is 7.86. The molecule has 0 aliphatic heterocycles. The first-order chi connectivity index (χ1) is 16.3. The summed E-state index contributed by atoms with van der Waals surface area (Å²) >= 11 is 0. The van der Waals surface area contributed by atoms with Gasteiger partial charge in [0.25, 0.3) is 11.8 Å². The van der Waals surface area contributed by atoms with E-state index in [0.29, 0.717) is 12.1 Å². The fourth-order valence-electron chi connectivity index (χ4n) is 3.46. The van der Waals surface area contributed by atoms with E-state index < -0.39 is 24.0 Å². The van der Waals surface area contributed by atoms with Crippen LogP contribution >= 0.6 is 0 Å². The monoisotopic (exact) mass is 467 g/mol. The number of benzene rings is 2. The van der Waals surface area contributed by atoms with Crippen molar-refractivity contribution in [3.05, 3.63) is 83.6 Å². The van der Waals surface area contributed by atoms with Crippen molar-refractivity contribution >= 4 is 11.8 Å². The number of likely N-dealkylation sites (N-methyl/N-ethyl adjacent to an activating group) is 1. The zero-order chi connectivity index (χ0) is 24.7. The van der Waals surface area contributed by atoms with Crippen molar-refractivity contribution in [1.82, 2.24) is 15.2 Å². The number of para-hydroxylation sites is 1. The van der Waals surface area contributed by atoms with Gasteiger partial charge in [-0.05, 0) is 18.6 Å². The molecule has 0 unspecified atom stereocenters. The number of amides is 2. The van der Waals surface area contributed by atoms with Gasteiger partial charge in [-0.15, -0.1) is 0 Å². The van der Waals surface area contributed by atoms with E-state index in [-0.39, 0.29) is 18.5 Å². The van der Waals surface area contributed by atoms with Gasteiger partial charge in [-0.1, -0.05) is 48.5 Å². The molecule has 0 saturated carbocycles. The first kappa shape index (κ1) is 24.9. The molecule has 3 aromatic rings. The van der Waals surface area contributed by atoms with Crippen molar-refractivity contribution in [3.8, 4) is 5.75 Å². The highest BCUT2D eigenvalue weighted by atomic mass is 16.5. The highest BCUT2D eigenvalue weighted by molar-refractivity contribution is 5.90. The third kappa shape index (κ3) is 6.00. The molecule has 0 spiro atoms. The van der Waals surface area contributed by atoms with Crippen LogP contribution in [0.5, 0.6) is 5.75 Å². The molecule has 0 fully saturated rings. The summed E-state index contributed by atoms with van der Waals surface area (Å²) in [4.78, 5) is 30.5. The third-order valence-corrected chi connectivity index (χ3v) is 5.61. The summed E-state index contributed by atoms with van der Waals surface area (Å²) in [5.41, 5.74) is 2.43. The fraction of sp³-hybridized carbons (Fsp3) is 0.320. The second kappa shape index (κ2) is 11.4. The Hall–Kier alpha value is -3.69. The SMILES string of the molecule is COc1ccccc1Cc1coc(CNC(=O)[C@H](O)[C@@H](O)C(=O)N(C)[C@H](C)c2ccccc2)n1. The minimum Gasteiger partial charge on any atom is -0.496 e. The number of aliphatic hydroxyl groups is 2. The number of oxazole rings is 1. The zero-order valence-corrected chi connectivity index (χ0v) is 19.3. The second-order valence-electron chi connectivity index (χ2n) is 7.86. The minimum absolute atomic E-state index is 0.112. The molecule has 0 bridgehead atoms. The largest absolute Gasteiger partial charge is 0.496 e. The maximum absolute atomic E-state index is 12.6. The van der Waals surface area contributed by atoms with E-state index in [1.165, 1.54) is 18.2 Å². The number of aliphatic hydroxyl groups excluding tert-OH is 2. The Balaban J connectivity index is 1.54. The lowest BCUT2D eigenvalue weighted by molar-refractivity contribution is -0.153. The maximum Gasteiger partial charge on any atom is 0.254 e. The first-order valence-electron chi connectivity index (χ1n) is 10.8. The zero-order valence-electron chi connectivity index (χ0n) is 19.3. The molecule has 9 nitrogen and oxygen atoms in total. The van der Waals surface area contributed by atoms with E-state index in [2.05, 4.69) is 10.3 Å². The normalized spacial score (nSPS) is 13.6. The first-order valence-corrected chi connectivity index (χ1v) is 10.8. The smallest absolute Gasteiger partial charge is 0.254 e. The van der Waals surface area contributed by atoms with Gasteiger partial charge in [0.15, 0.2) is 12.2 Å². The number of carbonyl (C=O) groups is 2. The van der Waals surface area contributed by atoms with Crippen molar-refractivity contribution < 1.29 is 29.0 Å². The van der Waals surface area contributed by atoms with Crippen LogP contribution in [-0.4, -0.2) is 58.3 Å². The Morgan fingerprint density at radius 2 is 1.76 bits per heavy atom. The van der Waals surface area contributed by atoms with E-state index in [9.17, 15) is 19.8 Å². The standard InChI is InChI=1S/C25H29N3O6/c1-16(17-9-5-4-6-10-17)28(2)25(32)23(30)22(29)24(31)26-14-21-27-19(15-34-21)13-18-11-7-8-12-20(18)33-3/h4-12,15-16,22-23,29-30H,13-14H2,1-3H3,(H,26,31)/t16-,22-,23-/m1/s1. The van der Waals surface area contributed by atoms with Gasteiger partial charge in [0.1, 0.15) is 12.0 Å². The Morgan fingerprint density at radius 3 is 2.47 bits per heavy atom. The summed E-state index contributed by atoms with van der Waals surface area (Å²) in [5, 5.41) is 22.9. The van der Waals surface area contributed by atoms with Crippen molar-refractivity contribution in [2.24, 2.45) is 0 Å². The molecule has 3 atom stereocenters. The van der Waals surface area contributed by atoms with E-state index >= 15 is 0 Å². The summed E-state index contributed by atoms with van der Waals surface area (Å²) in [6.45, 7) is 1.68. The van der Waals surface area contributed by atoms with E-state index in [0.717, 1.165) is 16.9 Å². The van der Waals surface area contributed by atoms with Crippen LogP contribution in [-0.2, 0) is 22.6 Å². The van der Waals surface area contributed by atoms with Crippen LogP contribution < -0.4 is 10.1 Å². The number of aromatic nitrogens is 1. The molecular weight excluding hydrogens is 438 g/mol. The van der Waals surface area contributed by atoms with E-state index in [1.807, 2.05) is 54.6 Å². The van der Waals surface area contributed by atoms with Crippen molar-refractivity contribution in [3.63, 3.8) is 0 Å². The van der Waals surface area contributed by atoms with E-state index in [4.69, 9.17) is 9.15 Å². The maximum atomic E-state index is 12.6. The van der Waals surface area contributed by atoms with Gasteiger partial charge in [-0.25, -0.2) is 4.98 Å². The molecule has 0 radical (unpaired) electrons. The number of methoxy groups -OCH3 is 1. The lowest BCUT2D eigenvalue weighted by atomic mass is 10.1. The van der Waals surface area contributed by atoms with Crippen LogP contribution in [0, 0.1) is 0 Å². The molecule has 9 heteroatoms. The van der Waals surface area contributed by atoms with Gasteiger partial charge in [0.05, 0.1) is 25.4 Å². The van der Waals surface area contributed by atoms with Crippen LogP contribution in [0.1, 0.15) is 35.7 Å². The molecule has 2 aromatic carbocycles. The molecule has 1 heterocycles. The number of carbonyl (C=O) groups excluding carboxylic acids is 2. The molecule has 2 amide bonds. The van der Waals surface area contributed by atoms with Crippen LogP contribution in [0.25, 0.3) is 0 Å². The lowest BCUT2D eigenvalue weighted by Gasteiger charge is -2.28. The lowest BCUT2D eigenvalue weighted by Crippen LogP contribution is -2.50. The highest BCUT2D eigenvalue weighted by Crippen LogP contribution is 2.21. The van der Waals surface area contributed by atoms with Crippen LogP contribution in [0.4, 0.5) is 0 Å². The number of nitrogens with one attached hydrogen (secondary N) is 1. The average molecular weight is 468 g/mol. The number of ether oxygens (including phenoxy) is 1. The number of hydrogen-bond donors (Lipinski definition) is 3. The molecule has 34 heavy (non-hydrogen) atoms. The number of rotatable bonds is 10. The van der Waals surface area contributed by atoms with Crippen molar-refractivity contribution in [2.75, 3.05) is 14.2 Å². The molecule has 0 aliphatic carbocycles. The van der Waals surface area contributed by atoms with Gasteiger partial charge in [-0.2, -0.15) is 0 Å². The fourth-order valence-corrected chi connectivity index (χ4v) is 3.46. The quantitative estimate of drug-likeness (QED) is 0.415. The Morgan fingerprint density at radius 1 is 1.09 bits per heavy atom. The molecule has 0 saturated heterocycles. The summed E-state index contributed by atoms with van der Waals surface area (Å²) in [6, 6.07) is 16.4. The summed E-state index contributed by atoms with van der Waals surface area (Å²) in [6.07, 6.45) is -1.91. The summed E-state index contributed by atoms with van der Waals surface area (Å²) in [7, 11) is 3.09. The number of hydrogen-bond acceptors (Lipinski definition) is 7. The molecule has 3 N–H and O–H groups in total. The number of nitrogens with zero attached hydrogens (tertiary/aromatic N) is 2. The predicted molar refractivity (Wildman–Crippen MR) is 124 cm³/mol.